The third-order valence-electron chi connectivity index (χ3n) is 11.7. The van der Waals surface area contributed by atoms with Crippen molar-refractivity contribution in [2.75, 3.05) is 4.90 Å². The molecule has 0 bridgehead atoms. The number of para-hydroxylation sites is 5. The molecule has 3 aromatic heterocycles. The number of benzene rings is 9. The lowest BCUT2D eigenvalue weighted by molar-refractivity contribution is 0.669. The highest BCUT2D eigenvalue weighted by atomic mass is 16.3. The molecule has 0 atom stereocenters. The largest absolute Gasteiger partial charge is 0.456 e. The normalized spacial score (nSPS) is 11.8. The molecular formula is C54H35N3O. The predicted molar refractivity (Wildman–Crippen MR) is 243 cm³/mol. The van der Waals surface area contributed by atoms with Crippen LogP contribution in [0.3, 0.4) is 0 Å². The van der Waals surface area contributed by atoms with Gasteiger partial charge in [-0.2, -0.15) is 0 Å². The molecular weight excluding hydrogens is 707 g/mol. The van der Waals surface area contributed by atoms with Crippen molar-refractivity contribution >= 4 is 82.6 Å². The summed E-state index contributed by atoms with van der Waals surface area (Å²) in [6.45, 7) is 0. The molecule has 272 valence electrons. The van der Waals surface area contributed by atoms with Crippen LogP contribution in [0.25, 0.3) is 88.1 Å². The monoisotopic (exact) mass is 741 g/mol. The van der Waals surface area contributed by atoms with Gasteiger partial charge >= 0.3 is 0 Å². The molecule has 0 radical (unpaired) electrons. The minimum atomic E-state index is 0.881. The Morgan fingerprint density at radius 3 is 1.41 bits per heavy atom. The van der Waals surface area contributed by atoms with Gasteiger partial charge in [0.05, 0.1) is 22.1 Å². The first-order valence-corrected chi connectivity index (χ1v) is 19.8. The number of aromatic nitrogens is 2. The summed E-state index contributed by atoms with van der Waals surface area (Å²) in [5.41, 5.74) is 14.4. The lowest BCUT2D eigenvalue weighted by Crippen LogP contribution is -2.10. The van der Waals surface area contributed by atoms with E-state index in [4.69, 9.17) is 4.42 Å². The van der Waals surface area contributed by atoms with Crippen LogP contribution in [0.5, 0.6) is 0 Å². The lowest BCUT2D eigenvalue weighted by atomic mass is 10.0. The molecule has 9 aromatic carbocycles. The highest BCUT2D eigenvalue weighted by Gasteiger charge is 2.18. The fraction of sp³-hybridized carbons (Fsp3) is 0. The average molecular weight is 742 g/mol. The highest BCUT2D eigenvalue weighted by molar-refractivity contribution is 6.11. The van der Waals surface area contributed by atoms with Gasteiger partial charge in [0, 0.05) is 60.8 Å². The molecule has 3 heterocycles. The summed E-state index contributed by atoms with van der Waals surface area (Å²) in [4.78, 5) is 2.34. The molecule has 0 aliphatic rings. The van der Waals surface area contributed by atoms with Crippen molar-refractivity contribution in [2.45, 2.75) is 0 Å². The van der Waals surface area contributed by atoms with Crippen LogP contribution in [0.2, 0.25) is 0 Å². The number of rotatable bonds is 6. The van der Waals surface area contributed by atoms with E-state index in [1.165, 1.54) is 54.7 Å². The van der Waals surface area contributed by atoms with Gasteiger partial charge in [-0.25, -0.2) is 0 Å². The molecule has 58 heavy (non-hydrogen) atoms. The van der Waals surface area contributed by atoms with Crippen LogP contribution >= 0.6 is 0 Å². The molecule has 12 aromatic rings. The molecule has 0 amide bonds. The Balaban J connectivity index is 0.978. The molecule has 0 fully saturated rings. The van der Waals surface area contributed by atoms with E-state index in [1.807, 2.05) is 12.1 Å². The maximum Gasteiger partial charge on any atom is 0.135 e. The summed E-state index contributed by atoms with van der Waals surface area (Å²) in [5, 5.41) is 7.21. The number of furan rings is 1. The van der Waals surface area contributed by atoms with Gasteiger partial charge in [-0.1, -0.05) is 109 Å². The van der Waals surface area contributed by atoms with Crippen LogP contribution < -0.4 is 4.90 Å². The van der Waals surface area contributed by atoms with Crippen LogP contribution in [-0.4, -0.2) is 9.13 Å². The minimum Gasteiger partial charge on any atom is -0.456 e. The molecule has 12 rings (SSSR count). The van der Waals surface area contributed by atoms with E-state index in [2.05, 4.69) is 214 Å². The number of hydrogen-bond donors (Lipinski definition) is 0. The van der Waals surface area contributed by atoms with Crippen molar-refractivity contribution in [3.05, 3.63) is 212 Å². The Bertz CT molecular complexity index is 3440. The number of hydrogen-bond acceptors (Lipinski definition) is 2. The molecule has 0 saturated heterocycles. The van der Waals surface area contributed by atoms with Gasteiger partial charge in [-0.3, -0.25) is 0 Å². The number of anilines is 3. The van der Waals surface area contributed by atoms with Crippen molar-refractivity contribution in [3.8, 4) is 22.5 Å². The molecule has 0 N–H and O–H groups in total. The minimum absolute atomic E-state index is 0.881. The van der Waals surface area contributed by atoms with E-state index >= 15 is 0 Å². The summed E-state index contributed by atoms with van der Waals surface area (Å²) >= 11 is 0. The van der Waals surface area contributed by atoms with E-state index in [1.54, 1.807) is 0 Å². The summed E-state index contributed by atoms with van der Waals surface area (Å²) in [6, 6.07) is 76.2. The maximum absolute atomic E-state index is 6.25. The number of nitrogens with zero attached hydrogens (tertiary/aromatic N) is 3. The standard InChI is InChI=1S/C54H35N3O/c1-2-12-38(13-3-1)56-51-20-10-6-16-45(51)47-34-37(24-32-52(47)56)36-22-25-39(26-23-36)55(42-31-33-54-48(35-42)46-17-7-11-21-53(46)58-54)40-27-29-41(30-28-40)57-49-18-8-4-14-43(49)44-15-5-9-19-50(44)57/h1-35H. The second kappa shape index (κ2) is 12.9. The first kappa shape index (κ1) is 32.4. The van der Waals surface area contributed by atoms with Crippen molar-refractivity contribution in [1.82, 2.24) is 9.13 Å². The molecule has 0 saturated carbocycles. The van der Waals surface area contributed by atoms with Crippen molar-refractivity contribution in [3.63, 3.8) is 0 Å². The lowest BCUT2D eigenvalue weighted by Gasteiger charge is -2.26. The third-order valence-corrected chi connectivity index (χ3v) is 11.7. The molecule has 4 heteroatoms. The van der Waals surface area contributed by atoms with Gasteiger partial charge in [0.15, 0.2) is 0 Å². The molecule has 0 aliphatic heterocycles. The van der Waals surface area contributed by atoms with Gasteiger partial charge in [-0.15, -0.1) is 0 Å². The maximum atomic E-state index is 6.25. The molecule has 0 spiro atoms. The zero-order valence-electron chi connectivity index (χ0n) is 31.5. The van der Waals surface area contributed by atoms with E-state index in [9.17, 15) is 0 Å². The second-order valence-electron chi connectivity index (χ2n) is 15.0. The van der Waals surface area contributed by atoms with Crippen LogP contribution in [-0.2, 0) is 0 Å². The van der Waals surface area contributed by atoms with Crippen molar-refractivity contribution in [1.29, 1.82) is 0 Å². The fourth-order valence-corrected chi connectivity index (χ4v) is 9.06. The van der Waals surface area contributed by atoms with Crippen LogP contribution in [0.15, 0.2) is 217 Å². The van der Waals surface area contributed by atoms with Gasteiger partial charge in [0.1, 0.15) is 11.2 Å². The van der Waals surface area contributed by atoms with E-state index in [0.29, 0.717) is 0 Å². The smallest absolute Gasteiger partial charge is 0.135 e. The van der Waals surface area contributed by atoms with Gasteiger partial charge in [-0.05, 0) is 114 Å². The van der Waals surface area contributed by atoms with Gasteiger partial charge < -0.3 is 18.5 Å². The molecule has 0 aliphatic carbocycles. The summed E-state index contributed by atoms with van der Waals surface area (Å²) in [5.74, 6) is 0. The number of fused-ring (bicyclic) bond motifs is 9. The van der Waals surface area contributed by atoms with Crippen LogP contribution in [0, 0.1) is 0 Å². The first-order chi connectivity index (χ1) is 28.8. The molecule has 0 unspecified atom stereocenters. The Morgan fingerprint density at radius 1 is 0.293 bits per heavy atom. The van der Waals surface area contributed by atoms with E-state index in [-0.39, 0.29) is 0 Å². The van der Waals surface area contributed by atoms with Gasteiger partial charge in [0.25, 0.3) is 0 Å². The SMILES string of the molecule is c1ccc(-n2c3ccccc3c3cc(-c4ccc(N(c5ccc(-n6c7ccccc7c7ccccc76)cc5)c5ccc6oc7ccccc7c6c5)cc4)ccc32)cc1. The Kier molecular flexibility index (Phi) is 7.20. The van der Waals surface area contributed by atoms with Gasteiger partial charge in [0.2, 0.25) is 0 Å². The Labute approximate surface area is 334 Å². The van der Waals surface area contributed by atoms with Crippen molar-refractivity contribution in [2.24, 2.45) is 0 Å². The molecule has 4 nitrogen and oxygen atoms in total. The fourth-order valence-electron chi connectivity index (χ4n) is 9.06. The average Bonchev–Trinajstić information content (AvgIpc) is 3.95. The summed E-state index contributed by atoms with van der Waals surface area (Å²) in [6.07, 6.45) is 0. The second-order valence-corrected chi connectivity index (χ2v) is 15.0. The van der Waals surface area contributed by atoms with Crippen LogP contribution in [0.1, 0.15) is 0 Å². The van der Waals surface area contributed by atoms with E-state index < -0.39 is 0 Å². The summed E-state index contributed by atoms with van der Waals surface area (Å²) < 4.78 is 11.0. The van der Waals surface area contributed by atoms with E-state index in [0.717, 1.165) is 50.4 Å². The third kappa shape index (κ3) is 5.02. The zero-order valence-corrected chi connectivity index (χ0v) is 31.5. The quantitative estimate of drug-likeness (QED) is 0.170. The Morgan fingerprint density at radius 2 is 0.759 bits per heavy atom. The van der Waals surface area contributed by atoms with Crippen molar-refractivity contribution < 1.29 is 4.42 Å². The summed E-state index contributed by atoms with van der Waals surface area (Å²) in [7, 11) is 0. The predicted octanol–water partition coefficient (Wildman–Crippen LogP) is 14.9. The van der Waals surface area contributed by atoms with Crippen LogP contribution in [0.4, 0.5) is 17.1 Å². The first-order valence-electron chi connectivity index (χ1n) is 19.8. The Hall–Kier alpha value is -7.82. The highest BCUT2D eigenvalue weighted by Crippen LogP contribution is 2.41. The topological polar surface area (TPSA) is 26.2 Å². The zero-order chi connectivity index (χ0) is 38.2.